The van der Waals surface area contributed by atoms with Crippen LogP contribution in [0.25, 0.3) is 0 Å². The minimum absolute atomic E-state index is 0.463. The minimum Gasteiger partial charge on any atom is -0.467 e. The molecule has 0 unspecified atom stereocenters. The molecule has 0 amide bonds. The number of aromatic nitrogens is 2. The van der Waals surface area contributed by atoms with Crippen LogP contribution in [-0.2, 0) is 6.54 Å². The van der Waals surface area contributed by atoms with Gasteiger partial charge < -0.3 is 20.4 Å². The summed E-state index contributed by atoms with van der Waals surface area (Å²) in [5.74, 6) is 2.84. The van der Waals surface area contributed by atoms with Gasteiger partial charge in [0.25, 0.3) is 0 Å². The van der Waals surface area contributed by atoms with Gasteiger partial charge in [-0.25, -0.2) is 0 Å². The van der Waals surface area contributed by atoms with Gasteiger partial charge in [-0.3, -0.25) is 0 Å². The lowest BCUT2D eigenvalue weighted by Crippen LogP contribution is -2.03. The molecule has 1 aromatic carbocycles. The Morgan fingerprint density at radius 3 is 2.39 bits per heavy atom. The first-order valence-electron chi connectivity index (χ1n) is 10.6. The topological polar surface area (TPSA) is 75.0 Å². The Morgan fingerprint density at radius 1 is 1.16 bits per heavy atom. The highest BCUT2D eigenvalue weighted by Crippen LogP contribution is 2.27. The summed E-state index contributed by atoms with van der Waals surface area (Å²) in [6.45, 7) is 16.7. The van der Waals surface area contributed by atoms with E-state index >= 15 is 0 Å². The van der Waals surface area contributed by atoms with Gasteiger partial charge in [0.2, 0.25) is 0 Å². The molecule has 0 saturated heterocycles. The van der Waals surface area contributed by atoms with E-state index in [1.165, 1.54) is 34.8 Å². The zero-order valence-corrected chi connectivity index (χ0v) is 20.7. The summed E-state index contributed by atoms with van der Waals surface area (Å²) < 4.78 is 14.3. The number of nitrogens with one attached hydrogen (secondary N) is 3. The number of aryl methyl sites for hydroxylation is 1. The maximum Gasteiger partial charge on any atom is 0.188 e. The number of benzene rings is 1. The second kappa shape index (κ2) is 14.2. The number of rotatable bonds is 7. The van der Waals surface area contributed by atoms with Crippen molar-refractivity contribution >= 4 is 29.1 Å². The molecule has 6 nitrogen and oxygen atoms in total. The highest BCUT2D eigenvalue weighted by molar-refractivity contribution is 6.99. The Hall–Kier alpha value is -2.80. The highest BCUT2D eigenvalue weighted by Gasteiger charge is 2.11. The molecule has 0 radical (unpaired) electrons. The van der Waals surface area contributed by atoms with Crippen molar-refractivity contribution in [1.29, 1.82) is 0 Å². The van der Waals surface area contributed by atoms with Crippen LogP contribution in [-0.4, -0.2) is 15.8 Å². The molecular weight excluding hydrogens is 406 g/mol. The maximum absolute atomic E-state index is 5.59. The van der Waals surface area contributed by atoms with Gasteiger partial charge in [0.05, 0.1) is 24.5 Å². The van der Waals surface area contributed by atoms with Crippen molar-refractivity contribution in [2.45, 2.75) is 60.4 Å². The lowest BCUT2D eigenvalue weighted by atomic mass is 10.1. The molecule has 31 heavy (non-hydrogen) atoms. The SMILES string of the molecule is C=CNC.CCC.Cc1cccc(Nc2nsnc2NCc2cc(C(C)C)co2)c1C. The third-order valence-corrected chi connectivity index (χ3v) is 4.85. The van der Waals surface area contributed by atoms with E-state index in [0.29, 0.717) is 12.5 Å². The molecule has 0 saturated carbocycles. The quantitative estimate of drug-likeness (QED) is 0.365. The fourth-order valence-corrected chi connectivity index (χ4v) is 2.85. The largest absolute Gasteiger partial charge is 0.467 e. The smallest absolute Gasteiger partial charge is 0.188 e. The molecule has 0 aliphatic carbocycles. The maximum atomic E-state index is 5.59. The van der Waals surface area contributed by atoms with Crippen molar-refractivity contribution in [3.63, 3.8) is 0 Å². The van der Waals surface area contributed by atoms with Crippen molar-refractivity contribution in [1.82, 2.24) is 14.1 Å². The van der Waals surface area contributed by atoms with Gasteiger partial charge in [-0.1, -0.05) is 52.8 Å². The molecule has 3 rings (SSSR count). The Morgan fingerprint density at radius 2 is 1.81 bits per heavy atom. The predicted molar refractivity (Wildman–Crippen MR) is 134 cm³/mol. The zero-order chi connectivity index (χ0) is 23.2. The van der Waals surface area contributed by atoms with E-state index in [9.17, 15) is 0 Å². The Bertz CT molecular complexity index is 901. The molecule has 170 valence electrons. The molecular formula is C24H37N5OS. The molecule has 3 N–H and O–H groups in total. The number of hydrogen-bond donors (Lipinski definition) is 3. The fraction of sp³-hybridized carbons (Fsp3) is 0.417. The van der Waals surface area contributed by atoms with Crippen LogP contribution in [0, 0.1) is 13.8 Å². The first kappa shape index (κ1) is 26.2. The van der Waals surface area contributed by atoms with E-state index in [2.05, 4.69) is 85.0 Å². The Kier molecular flexibility index (Phi) is 12.1. The van der Waals surface area contributed by atoms with Crippen LogP contribution in [0.5, 0.6) is 0 Å². The summed E-state index contributed by atoms with van der Waals surface area (Å²) in [6, 6.07) is 8.26. The Balaban J connectivity index is 0.000000604. The Labute approximate surface area is 191 Å². The van der Waals surface area contributed by atoms with Crippen LogP contribution in [0.15, 0.2) is 47.7 Å². The molecule has 0 aliphatic rings. The lowest BCUT2D eigenvalue weighted by Gasteiger charge is -2.10. The average molecular weight is 444 g/mol. The monoisotopic (exact) mass is 443 g/mol. The molecule has 0 spiro atoms. The van der Waals surface area contributed by atoms with Crippen molar-refractivity contribution < 1.29 is 4.42 Å². The molecule has 7 heteroatoms. The molecule has 2 aromatic heterocycles. The number of anilines is 3. The summed E-state index contributed by atoms with van der Waals surface area (Å²) in [7, 11) is 1.81. The summed E-state index contributed by atoms with van der Waals surface area (Å²) in [6.07, 6.45) is 4.69. The normalized spacial score (nSPS) is 9.81. The van der Waals surface area contributed by atoms with Gasteiger partial charge in [-0.15, -0.1) is 0 Å². The zero-order valence-electron chi connectivity index (χ0n) is 19.9. The molecule has 0 aliphatic heterocycles. The van der Waals surface area contributed by atoms with Gasteiger partial charge in [0, 0.05) is 12.7 Å². The van der Waals surface area contributed by atoms with E-state index in [0.717, 1.165) is 23.1 Å². The van der Waals surface area contributed by atoms with Crippen LogP contribution >= 0.6 is 11.7 Å². The van der Waals surface area contributed by atoms with Gasteiger partial charge in [-0.2, -0.15) is 8.75 Å². The van der Waals surface area contributed by atoms with E-state index in [1.54, 1.807) is 6.20 Å². The second-order valence-corrected chi connectivity index (χ2v) is 7.92. The van der Waals surface area contributed by atoms with Gasteiger partial charge in [-0.05, 0) is 54.8 Å². The molecule has 0 bridgehead atoms. The number of furan rings is 1. The predicted octanol–water partition coefficient (Wildman–Crippen LogP) is 6.99. The summed E-state index contributed by atoms with van der Waals surface area (Å²) in [5.41, 5.74) is 4.71. The summed E-state index contributed by atoms with van der Waals surface area (Å²) in [5, 5.41) is 9.36. The minimum atomic E-state index is 0.463. The van der Waals surface area contributed by atoms with Crippen LogP contribution in [0.2, 0.25) is 0 Å². The molecule has 2 heterocycles. The second-order valence-electron chi connectivity index (χ2n) is 7.39. The van der Waals surface area contributed by atoms with Crippen molar-refractivity contribution in [3.05, 3.63) is 65.8 Å². The lowest BCUT2D eigenvalue weighted by molar-refractivity contribution is 0.514. The standard InChI is InChI=1S/C18H22N4OS.C3H7N.C3H8/c1-11(2)14-8-15(23-10-14)9-19-17-18(22-24-21-17)20-16-7-5-6-12(3)13(16)4;1-3-4-2;1-3-2/h5-8,10-11H,9H2,1-4H3,(H,19,21)(H,20,22);3-4H,1H2,2H3;3H2,1-2H3. The first-order valence-corrected chi connectivity index (χ1v) is 11.4. The number of hydrogen-bond acceptors (Lipinski definition) is 7. The average Bonchev–Trinajstić information content (AvgIpc) is 3.40. The summed E-state index contributed by atoms with van der Waals surface area (Å²) >= 11 is 1.19. The van der Waals surface area contributed by atoms with E-state index in [4.69, 9.17) is 4.42 Å². The van der Waals surface area contributed by atoms with Crippen LogP contribution < -0.4 is 16.0 Å². The van der Waals surface area contributed by atoms with Crippen LogP contribution in [0.1, 0.15) is 62.5 Å². The van der Waals surface area contributed by atoms with Crippen molar-refractivity contribution in [2.24, 2.45) is 0 Å². The van der Waals surface area contributed by atoms with E-state index < -0.39 is 0 Å². The highest BCUT2D eigenvalue weighted by atomic mass is 32.1. The molecule has 3 aromatic rings. The van der Waals surface area contributed by atoms with Crippen molar-refractivity contribution in [3.8, 4) is 0 Å². The number of nitrogens with zero attached hydrogens (tertiary/aromatic N) is 2. The fourth-order valence-electron chi connectivity index (χ4n) is 2.36. The van der Waals surface area contributed by atoms with Gasteiger partial charge in [0.1, 0.15) is 5.76 Å². The summed E-state index contributed by atoms with van der Waals surface area (Å²) in [4.78, 5) is 0. The van der Waals surface area contributed by atoms with Gasteiger partial charge in [0.15, 0.2) is 11.6 Å². The van der Waals surface area contributed by atoms with Gasteiger partial charge >= 0.3 is 0 Å². The van der Waals surface area contributed by atoms with Crippen LogP contribution in [0.3, 0.4) is 0 Å². The van der Waals surface area contributed by atoms with Crippen molar-refractivity contribution in [2.75, 3.05) is 17.7 Å². The molecule has 0 fully saturated rings. The van der Waals surface area contributed by atoms with Crippen LogP contribution in [0.4, 0.5) is 17.3 Å². The van der Waals surface area contributed by atoms with E-state index in [1.807, 2.05) is 25.4 Å². The third kappa shape index (κ3) is 8.84. The third-order valence-electron chi connectivity index (χ3n) is 4.32. The molecule has 0 atom stereocenters. The van der Waals surface area contributed by atoms with E-state index in [-0.39, 0.29) is 0 Å². The first-order chi connectivity index (χ1) is 14.9.